The van der Waals surface area contributed by atoms with Crippen LogP contribution in [0.5, 0.6) is 5.75 Å². The number of hydrogen-bond donors (Lipinski definition) is 2. The number of pyridine rings is 1. The molecule has 5 rings (SSSR count). The lowest BCUT2D eigenvalue weighted by atomic mass is 9.91. The van der Waals surface area contributed by atoms with Gasteiger partial charge >= 0.3 is 11.9 Å². The Morgan fingerprint density at radius 2 is 1.79 bits per heavy atom. The molecule has 0 amide bonds. The summed E-state index contributed by atoms with van der Waals surface area (Å²) in [5.41, 5.74) is 3.81. The Bertz CT molecular complexity index is 1330. The Morgan fingerprint density at radius 3 is 2.42 bits per heavy atom. The topological polar surface area (TPSA) is 148 Å². The monoisotopic (exact) mass is 596 g/mol. The summed E-state index contributed by atoms with van der Waals surface area (Å²) in [4.78, 5) is 28.1. The number of fused-ring (bicyclic) bond motifs is 1. The number of aliphatic carboxylic acids is 2. The molecule has 1 aromatic carbocycles. The molecule has 2 saturated heterocycles. The third-order valence-electron chi connectivity index (χ3n) is 7.31. The number of piperidine rings is 1. The lowest BCUT2D eigenvalue weighted by Crippen LogP contribution is -2.39. The molecule has 2 aliphatic heterocycles. The van der Waals surface area contributed by atoms with Crippen molar-refractivity contribution >= 4 is 22.9 Å². The van der Waals surface area contributed by atoms with Crippen LogP contribution in [0.1, 0.15) is 36.2 Å². The molecule has 2 aliphatic rings. The smallest absolute Gasteiger partial charge is 0.328 e. The fourth-order valence-electron chi connectivity index (χ4n) is 5.17. The minimum atomic E-state index is -1.26. The Balaban J connectivity index is 0.000000467. The molecular weight excluding hydrogens is 556 g/mol. The van der Waals surface area contributed by atoms with E-state index in [0.717, 1.165) is 85.9 Å². The molecule has 0 spiro atoms. The highest BCUT2D eigenvalue weighted by atomic mass is 16.7. The standard InChI is InChI=1S/C27H36N4O4.C4H4O4/c1-30(2)17-23-25(34-19-21-5-3-4-12-28-21)9-7-22-24(29-35-27(22)23)8-6-20-10-13-31(14-11-20)18-26-32-15-16-33-26;5-3(6)1-2-4(7)8/h3-5,7,9,12,20,26H,6,8,10-11,13-19H2,1-2H3;1-2H,(H,5,6)(H,7,8)/b;2-1+. The first-order valence-corrected chi connectivity index (χ1v) is 14.5. The SMILES string of the molecule is CN(C)Cc1c(OCc2ccccn2)ccc2c(CCC3CCN(CC4OCCO4)CC3)noc12.O=C(O)/C=C/C(=O)O. The number of likely N-dealkylation sites (tertiary alicyclic amines) is 1. The summed E-state index contributed by atoms with van der Waals surface area (Å²) in [6.07, 6.45) is 7.34. The molecule has 0 radical (unpaired) electrons. The van der Waals surface area contributed by atoms with E-state index in [9.17, 15) is 9.59 Å². The number of aromatic nitrogens is 2. The summed E-state index contributed by atoms with van der Waals surface area (Å²) in [6.45, 7) is 5.69. The summed E-state index contributed by atoms with van der Waals surface area (Å²) in [5.74, 6) is -0.979. The maximum Gasteiger partial charge on any atom is 0.328 e. The molecule has 0 atom stereocenters. The fraction of sp³-hybridized carbons (Fsp3) is 0.484. The van der Waals surface area contributed by atoms with Gasteiger partial charge in [0.1, 0.15) is 12.4 Å². The van der Waals surface area contributed by atoms with E-state index < -0.39 is 11.9 Å². The summed E-state index contributed by atoms with van der Waals surface area (Å²) in [5, 5.41) is 21.2. The van der Waals surface area contributed by atoms with Gasteiger partial charge in [0, 0.05) is 36.8 Å². The highest BCUT2D eigenvalue weighted by molar-refractivity contribution is 5.89. The highest BCUT2D eigenvalue weighted by Crippen LogP contribution is 2.33. The first-order valence-electron chi connectivity index (χ1n) is 14.5. The van der Waals surface area contributed by atoms with Crippen LogP contribution < -0.4 is 4.74 Å². The minimum Gasteiger partial charge on any atom is -0.487 e. The maximum atomic E-state index is 9.55. The largest absolute Gasteiger partial charge is 0.487 e. The number of hydrogen-bond acceptors (Lipinski definition) is 10. The van der Waals surface area contributed by atoms with Crippen LogP contribution in [-0.4, -0.2) is 95.3 Å². The summed E-state index contributed by atoms with van der Waals surface area (Å²) < 4.78 is 23.3. The zero-order chi connectivity index (χ0) is 30.6. The van der Waals surface area contributed by atoms with Crippen molar-refractivity contribution in [3.05, 3.63) is 65.6 Å². The molecule has 12 nitrogen and oxygen atoms in total. The van der Waals surface area contributed by atoms with Gasteiger partial charge in [-0.1, -0.05) is 11.2 Å². The van der Waals surface area contributed by atoms with Crippen molar-refractivity contribution in [2.75, 3.05) is 46.9 Å². The van der Waals surface area contributed by atoms with Gasteiger partial charge in [-0.2, -0.15) is 0 Å². The van der Waals surface area contributed by atoms with Crippen LogP contribution in [0.2, 0.25) is 0 Å². The molecule has 3 aromatic rings. The normalized spacial score (nSPS) is 16.5. The molecular formula is C31H40N4O8. The van der Waals surface area contributed by atoms with Gasteiger partial charge in [-0.05, 0) is 83.1 Å². The van der Waals surface area contributed by atoms with Crippen molar-refractivity contribution in [3.63, 3.8) is 0 Å². The van der Waals surface area contributed by atoms with E-state index in [4.69, 9.17) is 28.9 Å². The number of rotatable bonds is 12. The van der Waals surface area contributed by atoms with Crippen molar-refractivity contribution in [2.24, 2.45) is 5.92 Å². The third-order valence-corrected chi connectivity index (χ3v) is 7.31. The molecule has 2 aromatic heterocycles. The van der Waals surface area contributed by atoms with Crippen LogP contribution in [-0.2, 0) is 38.6 Å². The van der Waals surface area contributed by atoms with Gasteiger partial charge in [-0.3, -0.25) is 9.88 Å². The molecule has 12 heteroatoms. The predicted octanol–water partition coefficient (Wildman–Crippen LogP) is 3.59. The molecule has 0 saturated carbocycles. The van der Waals surface area contributed by atoms with Crippen molar-refractivity contribution < 1.29 is 38.5 Å². The van der Waals surface area contributed by atoms with E-state index in [1.54, 1.807) is 6.20 Å². The van der Waals surface area contributed by atoms with Gasteiger partial charge in [-0.25, -0.2) is 9.59 Å². The number of nitrogens with zero attached hydrogens (tertiary/aromatic N) is 4. The molecule has 0 aliphatic carbocycles. The third kappa shape index (κ3) is 10.1. The van der Waals surface area contributed by atoms with Crippen LogP contribution in [0.4, 0.5) is 0 Å². The molecule has 2 N–H and O–H groups in total. The van der Waals surface area contributed by atoms with Gasteiger partial charge in [0.15, 0.2) is 11.9 Å². The van der Waals surface area contributed by atoms with Gasteiger partial charge in [0.05, 0.1) is 30.2 Å². The van der Waals surface area contributed by atoms with E-state index in [-0.39, 0.29) is 6.29 Å². The molecule has 4 heterocycles. The average molecular weight is 597 g/mol. The first-order chi connectivity index (χ1) is 20.8. The van der Waals surface area contributed by atoms with Crippen molar-refractivity contribution in [1.29, 1.82) is 0 Å². The zero-order valence-corrected chi connectivity index (χ0v) is 24.7. The van der Waals surface area contributed by atoms with Gasteiger partial charge in [-0.15, -0.1) is 0 Å². The van der Waals surface area contributed by atoms with Crippen LogP contribution in [0.25, 0.3) is 11.0 Å². The van der Waals surface area contributed by atoms with Crippen LogP contribution in [0.15, 0.2) is 53.2 Å². The highest BCUT2D eigenvalue weighted by Gasteiger charge is 2.25. The second-order valence-corrected chi connectivity index (χ2v) is 10.9. The van der Waals surface area contributed by atoms with E-state index >= 15 is 0 Å². The van der Waals surface area contributed by atoms with Gasteiger partial charge in [0.25, 0.3) is 0 Å². The molecule has 0 bridgehead atoms. The predicted molar refractivity (Wildman–Crippen MR) is 158 cm³/mol. The lowest BCUT2D eigenvalue weighted by Gasteiger charge is -2.32. The number of carbonyl (C=O) groups is 2. The second kappa shape index (κ2) is 16.1. The van der Waals surface area contributed by atoms with Crippen LogP contribution >= 0.6 is 0 Å². The summed E-state index contributed by atoms with van der Waals surface area (Å²) in [7, 11) is 4.10. The average Bonchev–Trinajstić information content (AvgIpc) is 3.66. The fourth-order valence-corrected chi connectivity index (χ4v) is 5.17. The molecule has 2 fully saturated rings. The zero-order valence-electron chi connectivity index (χ0n) is 24.7. The molecule has 43 heavy (non-hydrogen) atoms. The van der Waals surface area contributed by atoms with Gasteiger partial charge < -0.3 is 33.8 Å². The Kier molecular flexibility index (Phi) is 12.0. The van der Waals surface area contributed by atoms with E-state index in [1.165, 1.54) is 12.8 Å². The van der Waals surface area contributed by atoms with Crippen molar-refractivity contribution in [3.8, 4) is 5.75 Å². The Hall–Kier alpha value is -3.84. The first kappa shape index (κ1) is 32.1. The van der Waals surface area contributed by atoms with E-state index in [1.807, 2.05) is 18.2 Å². The Morgan fingerprint density at radius 1 is 1.07 bits per heavy atom. The van der Waals surface area contributed by atoms with E-state index in [0.29, 0.717) is 24.7 Å². The van der Waals surface area contributed by atoms with Crippen LogP contribution in [0.3, 0.4) is 0 Å². The summed E-state index contributed by atoms with van der Waals surface area (Å²) >= 11 is 0. The quantitative estimate of drug-likeness (QED) is 0.294. The summed E-state index contributed by atoms with van der Waals surface area (Å²) in [6, 6.07) is 10.00. The maximum absolute atomic E-state index is 9.55. The Labute approximate surface area is 250 Å². The number of benzene rings is 1. The van der Waals surface area contributed by atoms with E-state index in [2.05, 4.69) is 46.2 Å². The second-order valence-electron chi connectivity index (χ2n) is 10.9. The van der Waals surface area contributed by atoms with Gasteiger partial charge in [0.2, 0.25) is 0 Å². The minimum absolute atomic E-state index is 0.0396. The number of carboxylic acid groups (broad SMARTS) is 2. The molecule has 232 valence electrons. The van der Waals surface area contributed by atoms with Crippen molar-refractivity contribution in [1.82, 2.24) is 19.9 Å². The number of aryl methyl sites for hydroxylation is 1. The number of ether oxygens (including phenoxy) is 3. The number of carboxylic acids is 2. The van der Waals surface area contributed by atoms with Crippen LogP contribution in [0, 0.1) is 5.92 Å². The lowest BCUT2D eigenvalue weighted by molar-refractivity contribution is -0.134. The van der Waals surface area contributed by atoms with Crippen molar-refractivity contribution in [2.45, 2.75) is 45.1 Å². The molecule has 0 unspecified atom stereocenters.